The molecule has 0 bridgehead atoms. The summed E-state index contributed by atoms with van der Waals surface area (Å²) in [6, 6.07) is 0. The van der Waals surface area contributed by atoms with E-state index in [1.54, 1.807) is 0 Å². The number of likely N-dealkylation sites (N-methyl/N-ethyl adjacent to an activating group) is 1. The summed E-state index contributed by atoms with van der Waals surface area (Å²) in [6.45, 7) is 4.16. The highest BCUT2D eigenvalue weighted by molar-refractivity contribution is 7.45. The molecule has 0 amide bonds. The summed E-state index contributed by atoms with van der Waals surface area (Å²) < 4.78 is 34.4. The largest absolute Gasteiger partial charge is 0.756 e. The number of hydrogen-bond donors (Lipinski definition) is 0. The molecule has 0 fully saturated rings. The molecule has 0 saturated heterocycles. The van der Waals surface area contributed by atoms with Gasteiger partial charge < -0.3 is 27.9 Å². The predicted molar refractivity (Wildman–Crippen MR) is 388 cm³/mol. The minimum Gasteiger partial charge on any atom is -0.756 e. The smallest absolute Gasteiger partial charge is 0.306 e. The summed E-state index contributed by atoms with van der Waals surface area (Å²) >= 11 is 0. The standard InChI is InChI=1S/C80H142NO8P/c1-6-8-10-12-14-16-18-20-22-24-26-28-30-32-33-34-35-36-37-38-39-40-41-42-43-44-45-46-47-49-51-53-55-57-59-61-63-65-67-69-71-73-80(83)89-78(77-88-90(84,85)87-75-74-81(3,4)5)76-86-79(82)72-70-68-66-64-62-60-58-56-54-52-50-48-31-29-27-25-23-21-19-17-15-13-11-9-7-2/h8,10,14,16,20,22,25-28,32-33,35-36,38-39,41-42,78H,6-7,9,11-13,15,17-19,21,23-24,29-31,34,37,40,43-77H2,1-5H3/b10-8-,16-14-,22-20-,27-25-,28-26-,33-32-,36-35-,39-38-,42-41-. The Morgan fingerprint density at radius 3 is 0.956 bits per heavy atom. The molecule has 0 aromatic rings. The van der Waals surface area contributed by atoms with Crippen molar-refractivity contribution >= 4 is 19.8 Å². The molecule has 2 unspecified atom stereocenters. The third-order valence-electron chi connectivity index (χ3n) is 16.3. The molecular formula is C80H142NO8P. The highest BCUT2D eigenvalue weighted by Gasteiger charge is 2.22. The minimum absolute atomic E-state index is 0.0324. The van der Waals surface area contributed by atoms with Gasteiger partial charge in [0.2, 0.25) is 0 Å². The van der Waals surface area contributed by atoms with E-state index < -0.39 is 26.5 Å². The zero-order valence-corrected chi connectivity index (χ0v) is 60.2. The van der Waals surface area contributed by atoms with Crippen molar-refractivity contribution in [2.45, 2.75) is 341 Å². The van der Waals surface area contributed by atoms with E-state index in [0.717, 1.165) is 89.9 Å². The molecule has 0 rings (SSSR count). The van der Waals surface area contributed by atoms with Crippen LogP contribution in [0.5, 0.6) is 0 Å². The Morgan fingerprint density at radius 2 is 0.633 bits per heavy atom. The molecule has 0 aliphatic heterocycles. The molecule has 0 aliphatic rings. The number of carbonyl (C=O) groups is 2. The average molecular weight is 1280 g/mol. The highest BCUT2D eigenvalue weighted by atomic mass is 31.2. The summed E-state index contributed by atoms with van der Waals surface area (Å²) in [4.78, 5) is 38.1. The average Bonchev–Trinajstić information content (AvgIpc) is 3.62. The van der Waals surface area contributed by atoms with Crippen LogP contribution in [0.15, 0.2) is 109 Å². The van der Waals surface area contributed by atoms with Gasteiger partial charge >= 0.3 is 11.9 Å². The number of phosphoric ester groups is 1. The van der Waals surface area contributed by atoms with Crippen molar-refractivity contribution in [2.75, 3.05) is 47.5 Å². The Morgan fingerprint density at radius 1 is 0.356 bits per heavy atom. The van der Waals surface area contributed by atoms with Crippen molar-refractivity contribution in [2.24, 2.45) is 0 Å². The molecule has 0 spiro atoms. The number of allylic oxidation sites excluding steroid dienone is 18. The lowest BCUT2D eigenvalue weighted by Crippen LogP contribution is -2.37. The topological polar surface area (TPSA) is 111 Å². The molecule has 520 valence electrons. The number of quaternary nitrogens is 1. The van der Waals surface area contributed by atoms with Crippen LogP contribution >= 0.6 is 7.82 Å². The normalized spacial score (nSPS) is 13.7. The van der Waals surface area contributed by atoms with Crippen molar-refractivity contribution in [3.05, 3.63) is 109 Å². The van der Waals surface area contributed by atoms with Crippen LogP contribution < -0.4 is 4.89 Å². The fraction of sp³-hybridized carbons (Fsp3) is 0.750. The van der Waals surface area contributed by atoms with Gasteiger partial charge in [0.15, 0.2) is 6.10 Å². The van der Waals surface area contributed by atoms with Crippen LogP contribution in [0.4, 0.5) is 0 Å². The molecule has 0 aromatic carbocycles. The first kappa shape index (κ1) is 86.7. The molecule has 0 N–H and O–H groups in total. The lowest BCUT2D eigenvalue weighted by Gasteiger charge is -2.28. The van der Waals surface area contributed by atoms with Gasteiger partial charge in [-0.15, -0.1) is 0 Å². The maximum Gasteiger partial charge on any atom is 0.306 e. The third-order valence-corrected chi connectivity index (χ3v) is 17.2. The number of esters is 2. The molecule has 0 radical (unpaired) electrons. The zero-order valence-electron chi connectivity index (χ0n) is 59.3. The molecule has 0 heterocycles. The maximum atomic E-state index is 12.9. The van der Waals surface area contributed by atoms with Crippen molar-refractivity contribution in [1.82, 2.24) is 0 Å². The quantitative estimate of drug-likeness (QED) is 0.0195. The summed E-state index contributed by atoms with van der Waals surface area (Å²) in [5, 5.41) is 0. The van der Waals surface area contributed by atoms with E-state index in [-0.39, 0.29) is 32.0 Å². The van der Waals surface area contributed by atoms with Crippen molar-refractivity contribution in [1.29, 1.82) is 0 Å². The molecule has 0 saturated carbocycles. The van der Waals surface area contributed by atoms with Gasteiger partial charge in [0.25, 0.3) is 7.82 Å². The summed E-state index contributed by atoms with van der Waals surface area (Å²) in [5.41, 5.74) is 0. The van der Waals surface area contributed by atoms with Crippen molar-refractivity contribution < 1.29 is 42.1 Å². The van der Waals surface area contributed by atoms with Gasteiger partial charge in [-0.05, 0) is 103 Å². The number of ether oxygens (including phenoxy) is 2. The summed E-state index contributed by atoms with van der Waals surface area (Å²) in [5.74, 6) is -0.823. The van der Waals surface area contributed by atoms with Crippen LogP contribution in [0.25, 0.3) is 0 Å². The zero-order chi connectivity index (χ0) is 65.5. The van der Waals surface area contributed by atoms with E-state index >= 15 is 0 Å². The van der Waals surface area contributed by atoms with Gasteiger partial charge in [-0.2, -0.15) is 0 Å². The first-order valence-electron chi connectivity index (χ1n) is 37.6. The molecular weight excluding hydrogens is 1130 g/mol. The van der Waals surface area contributed by atoms with E-state index in [0.29, 0.717) is 17.4 Å². The van der Waals surface area contributed by atoms with E-state index in [2.05, 4.69) is 123 Å². The van der Waals surface area contributed by atoms with Gasteiger partial charge in [-0.3, -0.25) is 14.2 Å². The second-order valence-corrected chi connectivity index (χ2v) is 27.7. The number of unbranched alkanes of at least 4 members (excludes halogenated alkanes) is 37. The number of phosphoric acid groups is 1. The van der Waals surface area contributed by atoms with Gasteiger partial charge in [0.1, 0.15) is 19.8 Å². The van der Waals surface area contributed by atoms with Crippen LogP contribution in [0.2, 0.25) is 0 Å². The number of hydrogen-bond acceptors (Lipinski definition) is 8. The van der Waals surface area contributed by atoms with Crippen molar-refractivity contribution in [3.63, 3.8) is 0 Å². The van der Waals surface area contributed by atoms with E-state index in [9.17, 15) is 19.0 Å². The van der Waals surface area contributed by atoms with Gasteiger partial charge in [0, 0.05) is 12.8 Å². The molecule has 0 aromatic heterocycles. The highest BCUT2D eigenvalue weighted by Crippen LogP contribution is 2.38. The summed E-state index contributed by atoms with van der Waals surface area (Å²) in [6.07, 6.45) is 99.0. The molecule has 2 atom stereocenters. The monoisotopic (exact) mass is 1280 g/mol. The lowest BCUT2D eigenvalue weighted by molar-refractivity contribution is -0.870. The van der Waals surface area contributed by atoms with Gasteiger partial charge in [-0.25, -0.2) is 0 Å². The number of rotatable bonds is 69. The number of carbonyl (C=O) groups excluding carboxylic acids is 2. The van der Waals surface area contributed by atoms with E-state index in [4.69, 9.17) is 18.5 Å². The molecule has 9 nitrogen and oxygen atoms in total. The second-order valence-electron chi connectivity index (χ2n) is 26.3. The molecule has 0 aliphatic carbocycles. The van der Waals surface area contributed by atoms with Gasteiger partial charge in [0.05, 0.1) is 27.7 Å². The first-order valence-corrected chi connectivity index (χ1v) is 39.1. The minimum atomic E-state index is -4.65. The molecule has 90 heavy (non-hydrogen) atoms. The maximum absolute atomic E-state index is 12.9. The van der Waals surface area contributed by atoms with Crippen LogP contribution in [-0.4, -0.2) is 70.0 Å². The van der Waals surface area contributed by atoms with E-state index in [1.807, 2.05) is 21.1 Å². The second kappa shape index (κ2) is 70.0. The van der Waals surface area contributed by atoms with Crippen LogP contribution in [0.3, 0.4) is 0 Å². The SMILES string of the molecule is CC/C=C\C/C=C\C/C=C\C/C=C\C/C=C\C/C=C\C/C=C\C/C=C\CCCCCCCCCCCCCCCCCCC(=O)OC(COC(=O)CCCCCCCCCCCCCCC/C=C\CCCCCCCCCC)COP(=O)([O-])OCC[N+](C)(C)C. The van der Waals surface area contributed by atoms with Crippen LogP contribution in [0, 0.1) is 0 Å². The summed E-state index contributed by atoms with van der Waals surface area (Å²) in [7, 11) is 1.17. The molecule has 10 heteroatoms. The first-order chi connectivity index (χ1) is 44.0. The predicted octanol–water partition coefficient (Wildman–Crippen LogP) is 24.2. The van der Waals surface area contributed by atoms with Crippen LogP contribution in [-0.2, 0) is 32.7 Å². The Hall–Kier alpha value is -3.33. The van der Waals surface area contributed by atoms with Crippen molar-refractivity contribution in [3.8, 4) is 0 Å². The van der Waals surface area contributed by atoms with Gasteiger partial charge in [-0.1, -0.05) is 329 Å². The van der Waals surface area contributed by atoms with E-state index in [1.165, 1.54) is 212 Å². The van der Waals surface area contributed by atoms with Crippen LogP contribution in [0.1, 0.15) is 335 Å². The number of nitrogens with zero attached hydrogens (tertiary/aromatic N) is 1. The Kier molecular flexibility index (Phi) is 67.4. The Labute approximate surface area is 556 Å². The lowest BCUT2D eigenvalue weighted by atomic mass is 10.0. The Bertz CT molecular complexity index is 1890. The fourth-order valence-electron chi connectivity index (χ4n) is 10.6. The fourth-order valence-corrected chi connectivity index (χ4v) is 11.3. The Balaban J connectivity index is 3.99. The third kappa shape index (κ3) is 73.7.